The number of carboxylic acids is 1. The molecule has 8 heteroatoms. The molecular weight excluding hydrogens is 508 g/mol. The fourth-order valence-electron chi connectivity index (χ4n) is 4.98. The smallest absolute Gasteiger partial charge is 0.303 e. The predicted octanol–water partition coefficient (Wildman–Crippen LogP) is 5.30. The van der Waals surface area contributed by atoms with E-state index in [1.165, 1.54) is 5.56 Å². The van der Waals surface area contributed by atoms with Gasteiger partial charge in [-0.05, 0) is 42.3 Å². The summed E-state index contributed by atoms with van der Waals surface area (Å²) in [6.45, 7) is 3.60. The van der Waals surface area contributed by atoms with Gasteiger partial charge in [0.25, 0.3) is 0 Å². The number of carboxylic acid groups (broad SMARTS) is 1. The third-order valence-corrected chi connectivity index (χ3v) is 7.15. The maximum atomic E-state index is 12.3. The summed E-state index contributed by atoms with van der Waals surface area (Å²) in [5, 5.41) is 21.2. The number of nitrogens with one attached hydrogen (secondary N) is 1. The van der Waals surface area contributed by atoms with Crippen molar-refractivity contribution in [1.29, 1.82) is 0 Å². The number of nitrogens with zero attached hydrogens (tertiary/aromatic N) is 1. The normalized spacial score (nSPS) is 20.8. The van der Waals surface area contributed by atoms with Gasteiger partial charge < -0.3 is 25.0 Å². The molecule has 1 aliphatic heterocycles. The van der Waals surface area contributed by atoms with E-state index in [4.69, 9.17) is 14.6 Å². The highest BCUT2D eigenvalue weighted by molar-refractivity contribution is 5.90. The molecule has 8 nitrogen and oxygen atoms in total. The zero-order chi connectivity index (χ0) is 28.5. The molecule has 3 aromatic carbocycles. The Morgan fingerprint density at radius 1 is 0.900 bits per heavy atom. The van der Waals surface area contributed by atoms with Crippen LogP contribution in [0.5, 0.6) is 0 Å². The van der Waals surface area contributed by atoms with Crippen molar-refractivity contribution in [3.63, 3.8) is 0 Å². The van der Waals surface area contributed by atoms with Gasteiger partial charge in [0.15, 0.2) is 6.29 Å². The van der Waals surface area contributed by atoms with Crippen molar-refractivity contribution in [3.05, 3.63) is 101 Å². The van der Waals surface area contributed by atoms with Crippen LogP contribution in [0.1, 0.15) is 60.8 Å². The second-order valence-corrected chi connectivity index (χ2v) is 10.4. The van der Waals surface area contributed by atoms with Crippen LogP contribution in [-0.2, 0) is 32.2 Å². The molecule has 0 bridgehead atoms. The monoisotopic (exact) mass is 546 g/mol. The molecule has 4 rings (SSSR count). The molecule has 0 aliphatic carbocycles. The van der Waals surface area contributed by atoms with Crippen LogP contribution < -0.4 is 5.32 Å². The van der Waals surface area contributed by atoms with E-state index in [1.807, 2.05) is 60.7 Å². The molecule has 1 aliphatic rings. The molecule has 0 saturated carbocycles. The third kappa shape index (κ3) is 8.22. The molecule has 40 heavy (non-hydrogen) atoms. The Hall–Kier alpha value is -3.56. The van der Waals surface area contributed by atoms with Gasteiger partial charge in [-0.15, -0.1) is 0 Å². The van der Waals surface area contributed by atoms with Crippen LogP contribution in [0.3, 0.4) is 0 Å². The fraction of sp³-hybridized carbons (Fsp3) is 0.375. The lowest BCUT2D eigenvalue weighted by atomic mass is 9.90. The minimum Gasteiger partial charge on any atom is -0.481 e. The molecule has 0 aromatic heterocycles. The number of aliphatic hydroxyl groups is 1. The van der Waals surface area contributed by atoms with Crippen molar-refractivity contribution in [3.8, 4) is 0 Å². The molecule has 212 valence electrons. The van der Waals surface area contributed by atoms with Gasteiger partial charge in [0.05, 0.1) is 18.8 Å². The molecule has 0 spiro atoms. The Morgan fingerprint density at radius 3 is 2.35 bits per heavy atom. The first-order valence-corrected chi connectivity index (χ1v) is 13.7. The van der Waals surface area contributed by atoms with E-state index in [-0.39, 0.29) is 49.9 Å². The molecule has 1 saturated heterocycles. The van der Waals surface area contributed by atoms with E-state index < -0.39 is 12.3 Å². The standard InChI is InChI=1S/C32H38N2O6/c1-22-28(20-34(2)19-23-8-4-3-5-9-23)39-32(40-31(22)25-16-14-24(21-35)15-17-25)26-10-6-11-27(18-26)33-29(36)12-7-13-30(37)38/h3-6,8-11,14-18,22,28,31-32,35H,7,12-13,19-21H2,1-2H3,(H,33,36)(H,37,38)/t22-,28+,31+,32+/m1/s1. The number of amides is 1. The number of ether oxygens (including phenoxy) is 2. The number of hydrogen-bond acceptors (Lipinski definition) is 6. The second kappa shape index (κ2) is 14.2. The Labute approximate surface area is 235 Å². The number of aliphatic carboxylic acids is 1. The van der Waals surface area contributed by atoms with Crippen LogP contribution in [0.25, 0.3) is 0 Å². The largest absolute Gasteiger partial charge is 0.481 e. The van der Waals surface area contributed by atoms with E-state index in [2.05, 4.69) is 36.3 Å². The summed E-state index contributed by atoms with van der Waals surface area (Å²) < 4.78 is 13.1. The number of hydrogen-bond donors (Lipinski definition) is 3. The second-order valence-electron chi connectivity index (χ2n) is 10.4. The van der Waals surface area contributed by atoms with Crippen LogP contribution in [0.2, 0.25) is 0 Å². The molecule has 1 amide bonds. The molecule has 0 unspecified atom stereocenters. The summed E-state index contributed by atoms with van der Waals surface area (Å²) in [6.07, 6.45) is -0.664. The van der Waals surface area contributed by atoms with E-state index in [0.29, 0.717) is 12.2 Å². The molecular formula is C32H38N2O6. The zero-order valence-corrected chi connectivity index (χ0v) is 23.0. The number of likely N-dealkylation sites (N-methyl/N-ethyl adjacent to an activating group) is 1. The maximum absolute atomic E-state index is 12.3. The highest BCUT2D eigenvalue weighted by atomic mass is 16.7. The highest BCUT2D eigenvalue weighted by Crippen LogP contribution is 2.42. The number of carbonyl (C=O) groups is 2. The number of aliphatic hydroxyl groups excluding tert-OH is 1. The first-order valence-electron chi connectivity index (χ1n) is 13.7. The van der Waals surface area contributed by atoms with Gasteiger partial charge in [-0.3, -0.25) is 14.5 Å². The molecule has 0 radical (unpaired) electrons. The molecule has 1 heterocycles. The first-order chi connectivity index (χ1) is 19.3. The summed E-state index contributed by atoms with van der Waals surface area (Å²) in [5.41, 5.74) is 4.46. The van der Waals surface area contributed by atoms with Crippen LogP contribution in [0, 0.1) is 5.92 Å². The van der Waals surface area contributed by atoms with Crippen LogP contribution in [-0.4, -0.2) is 46.7 Å². The van der Waals surface area contributed by atoms with Crippen molar-refractivity contribution in [2.24, 2.45) is 5.92 Å². The van der Waals surface area contributed by atoms with Crippen molar-refractivity contribution in [2.75, 3.05) is 18.9 Å². The topological polar surface area (TPSA) is 108 Å². The lowest BCUT2D eigenvalue weighted by Gasteiger charge is -2.42. The summed E-state index contributed by atoms with van der Waals surface area (Å²) in [4.78, 5) is 25.4. The number of rotatable bonds is 12. The van der Waals surface area contributed by atoms with Gasteiger partial charge in [0.1, 0.15) is 0 Å². The van der Waals surface area contributed by atoms with Gasteiger partial charge in [0.2, 0.25) is 5.91 Å². The van der Waals surface area contributed by atoms with E-state index in [0.717, 1.165) is 23.2 Å². The maximum Gasteiger partial charge on any atom is 0.303 e. The van der Waals surface area contributed by atoms with E-state index in [1.54, 1.807) is 6.07 Å². The Balaban J connectivity index is 1.52. The Bertz CT molecular complexity index is 1250. The summed E-state index contributed by atoms with van der Waals surface area (Å²) >= 11 is 0. The van der Waals surface area contributed by atoms with Crippen molar-refractivity contribution in [2.45, 2.75) is 57.8 Å². The van der Waals surface area contributed by atoms with Gasteiger partial charge >= 0.3 is 5.97 Å². The first kappa shape index (κ1) is 29.4. The van der Waals surface area contributed by atoms with E-state index in [9.17, 15) is 14.7 Å². The van der Waals surface area contributed by atoms with Crippen LogP contribution in [0.15, 0.2) is 78.9 Å². The summed E-state index contributed by atoms with van der Waals surface area (Å²) in [6, 6.07) is 25.5. The minimum atomic E-state index is -0.917. The van der Waals surface area contributed by atoms with E-state index >= 15 is 0 Å². The quantitative estimate of drug-likeness (QED) is 0.283. The average molecular weight is 547 g/mol. The van der Waals surface area contributed by atoms with Crippen molar-refractivity contribution < 1.29 is 29.3 Å². The highest BCUT2D eigenvalue weighted by Gasteiger charge is 2.38. The zero-order valence-electron chi connectivity index (χ0n) is 23.0. The van der Waals surface area contributed by atoms with Crippen molar-refractivity contribution >= 4 is 17.6 Å². The van der Waals surface area contributed by atoms with Crippen LogP contribution >= 0.6 is 0 Å². The number of benzene rings is 3. The predicted molar refractivity (Wildman–Crippen MR) is 152 cm³/mol. The SMILES string of the molecule is C[C@@H]1[C@H](CN(C)Cc2ccccc2)O[C@H](c2cccc(NC(=O)CCCC(=O)O)c2)O[C@@H]1c1ccc(CO)cc1. The average Bonchev–Trinajstić information content (AvgIpc) is 2.94. The summed E-state index contributed by atoms with van der Waals surface area (Å²) in [5.74, 6) is -1.11. The third-order valence-electron chi connectivity index (χ3n) is 7.15. The lowest BCUT2D eigenvalue weighted by molar-refractivity contribution is -0.276. The van der Waals surface area contributed by atoms with Gasteiger partial charge in [0, 0.05) is 43.1 Å². The van der Waals surface area contributed by atoms with Crippen LogP contribution in [0.4, 0.5) is 5.69 Å². The molecule has 3 N–H and O–H groups in total. The molecule has 4 atom stereocenters. The number of anilines is 1. The van der Waals surface area contributed by atoms with Gasteiger partial charge in [-0.1, -0.05) is 73.7 Å². The minimum absolute atomic E-state index is 0.0190. The summed E-state index contributed by atoms with van der Waals surface area (Å²) in [7, 11) is 2.08. The molecule has 1 fully saturated rings. The van der Waals surface area contributed by atoms with Crippen molar-refractivity contribution in [1.82, 2.24) is 4.90 Å². The van der Waals surface area contributed by atoms with Gasteiger partial charge in [-0.25, -0.2) is 0 Å². The fourth-order valence-corrected chi connectivity index (χ4v) is 4.98. The Kier molecular flexibility index (Phi) is 10.4. The Morgan fingerprint density at radius 2 is 1.65 bits per heavy atom. The van der Waals surface area contributed by atoms with Gasteiger partial charge in [-0.2, -0.15) is 0 Å². The number of carbonyl (C=O) groups excluding carboxylic acids is 1. The molecule has 3 aromatic rings. The lowest BCUT2D eigenvalue weighted by Crippen LogP contribution is -2.43.